The van der Waals surface area contributed by atoms with Crippen LogP contribution in [-0.4, -0.2) is 19.1 Å². The molecule has 0 spiro atoms. The molecule has 0 bridgehead atoms. The van der Waals surface area contributed by atoms with Crippen molar-refractivity contribution in [1.29, 1.82) is 0 Å². The highest BCUT2D eigenvalue weighted by Crippen LogP contribution is 2.19. The Morgan fingerprint density at radius 2 is 1.83 bits per heavy atom. The van der Waals surface area contributed by atoms with Gasteiger partial charge in [0.1, 0.15) is 0 Å². The molecule has 0 atom stereocenters. The SMILES string of the molecule is CCN=C=NCCCC(C)(C)C. The van der Waals surface area contributed by atoms with Crippen LogP contribution in [0.3, 0.4) is 0 Å². The summed E-state index contributed by atoms with van der Waals surface area (Å²) in [6.07, 6.45) is 2.35. The summed E-state index contributed by atoms with van der Waals surface area (Å²) in [6.45, 7) is 10.4. The summed E-state index contributed by atoms with van der Waals surface area (Å²) in [4.78, 5) is 7.94. The lowest BCUT2D eigenvalue weighted by molar-refractivity contribution is 0.368. The quantitative estimate of drug-likeness (QED) is 0.455. The normalized spacial score (nSPS) is 10.7. The van der Waals surface area contributed by atoms with Crippen LogP contribution in [0.15, 0.2) is 9.98 Å². The molecule has 0 radical (unpaired) electrons. The molecule has 0 aliphatic rings. The Hall–Kier alpha value is -0.620. The lowest BCUT2D eigenvalue weighted by Crippen LogP contribution is -2.04. The molecule has 0 N–H and O–H groups in total. The van der Waals surface area contributed by atoms with E-state index >= 15 is 0 Å². The lowest BCUT2D eigenvalue weighted by atomic mass is 9.91. The van der Waals surface area contributed by atoms with E-state index < -0.39 is 0 Å². The first kappa shape index (κ1) is 11.4. The van der Waals surface area contributed by atoms with Crippen molar-refractivity contribution in [2.75, 3.05) is 13.1 Å². The molecule has 70 valence electrons. The monoisotopic (exact) mass is 168 g/mol. The zero-order valence-electron chi connectivity index (χ0n) is 8.72. The van der Waals surface area contributed by atoms with Gasteiger partial charge in [0.15, 0.2) is 0 Å². The van der Waals surface area contributed by atoms with Gasteiger partial charge in [0, 0.05) is 13.1 Å². The van der Waals surface area contributed by atoms with Gasteiger partial charge in [0.25, 0.3) is 0 Å². The molecule has 2 nitrogen and oxygen atoms in total. The number of rotatable bonds is 4. The molecular formula is C10H20N2. The third kappa shape index (κ3) is 9.38. The highest BCUT2D eigenvalue weighted by Gasteiger charge is 2.07. The van der Waals surface area contributed by atoms with Gasteiger partial charge in [-0.25, -0.2) is 9.98 Å². The van der Waals surface area contributed by atoms with E-state index in [0.717, 1.165) is 19.5 Å². The Bertz CT molecular complexity index is 159. The van der Waals surface area contributed by atoms with Crippen LogP contribution in [0.1, 0.15) is 40.5 Å². The van der Waals surface area contributed by atoms with E-state index in [1.807, 2.05) is 6.92 Å². The van der Waals surface area contributed by atoms with Crippen LogP contribution in [0.2, 0.25) is 0 Å². The largest absolute Gasteiger partial charge is 0.226 e. The summed E-state index contributed by atoms with van der Waals surface area (Å²) in [5.74, 6) is 0. The zero-order chi connectivity index (χ0) is 9.45. The van der Waals surface area contributed by atoms with E-state index in [2.05, 4.69) is 36.8 Å². The van der Waals surface area contributed by atoms with Gasteiger partial charge < -0.3 is 0 Å². The summed E-state index contributed by atoms with van der Waals surface area (Å²) >= 11 is 0. The van der Waals surface area contributed by atoms with Crippen LogP contribution in [-0.2, 0) is 0 Å². The van der Waals surface area contributed by atoms with Gasteiger partial charge in [-0.15, -0.1) is 0 Å². The van der Waals surface area contributed by atoms with E-state index in [9.17, 15) is 0 Å². The second kappa shape index (κ2) is 5.96. The highest BCUT2D eigenvalue weighted by atomic mass is 14.8. The van der Waals surface area contributed by atoms with Crippen LogP contribution in [0.4, 0.5) is 0 Å². The maximum Gasteiger partial charge on any atom is 0.0892 e. The molecule has 0 fully saturated rings. The van der Waals surface area contributed by atoms with E-state index in [-0.39, 0.29) is 0 Å². The first-order valence-corrected chi connectivity index (χ1v) is 4.64. The minimum atomic E-state index is 0.428. The summed E-state index contributed by atoms with van der Waals surface area (Å²) < 4.78 is 0. The minimum absolute atomic E-state index is 0.428. The average Bonchev–Trinajstić information content (AvgIpc) is 1.94. The Balaban J connectivity index is 3.39. The van der Waals surface area contributed by atoms with Crippen LogP contribution >= 0.6 is 0 Å². The van der Waals surface area contributed by atoms with Crippen molar-refractivity contribution in [3.05, 3.63) is 0 Å². The molecule has 2 heteroatoms. The predicted molar refractivity (Wildman–Crippen MR) is 54.0 cm³/mol. The molecule has 0 saturated heterocycles. The number of nitrogens with zero attached hydrogens (tertiary/aromatic N) is 2. The Morgan fingerprint density at radius 1 is 1.17 bits per heavy atom. The average molecular weight is 168 g/mol. The summed E-state index contributed by atoms with van der Waals surface area (Å²) in [6, 6.07) is 2.67. The second-order valence-electron chi connectivity index (χ2n) is 4.12. The molecule has 0 heterocycles. The van der Waals surface area contributed by atoms with Crippen molar-refractivity contribution in [3.63, 3.8) is 0 Å². The van der Waals surface area contributed by atoms with Crippen molar-refractivity contribution in [3.8, 4) is 0 Å². The molecule has 0 aromatic rings. The van der Waals surface area contributed by atoms with Crippen molar-refractivity contribution in [2.24, 2.45) is 15.4 Å². The summed E-state index contributed by atoms with van der Waals surface area (Å²) in [7, 11) is 0. The van der Waals surface area contributed by atoms with E-state index in [4.69, 9.17) is 0 Å². The molecule has 0 aromatic heterocycles. The highest BCUT2D eigenvalue weighted by molar-refractivity contribution is 5.40. The van der Waals surface area contributed by atoms with Crippen molar-refractivity contribution >= 4 is 6.01 Å². The molecule has 0 rings (SSSR count). The van der Waals surface area contributed by atoms with Gasteiger partial charge in [0.2, 0.25) is 0 Å². The lowest BCUT2D eigenvalue weighted by Gasteiger charge is -2.16. The van der Waals surface area contributed by atoms with Gasteiger partial charge >= 0.3 is 0 Å². The molecule has 12 heavy (non-hydrogen) atoms. The number of hydrogen-bond donors (Lipinski definition) is 0. The fourth-order valence-corrected chi connectivity index (χ4v) is 0.859. The van der Waals surface area contributed by atoms with E-state index in [1.54, 1.807) is 0 Å². The third-order valence-electron chi connectivity index (χ3n) is 1.50. The fourth-order valence-electron chi connectivity index (χ4n) is 0.859. The minimum Gasteiger partial charge on any atom is -0.226 e. The van der Waals surface area contributed by atoms with Crippen LogP contribution in [0, 0.1) is 5.41 Å². The van der Waals surface area contributed by atoms with Gasteiger partial charge in [-0.3, -0.25) is 0 Å². The molecule has 0 amide bonds. The Morgan fingerprint density at radius 3 is 2.33 bits per heavy atom. The predicted octanol–water partition coefficient (Wildman–Crippen LogP) is 3.01. The number of aliphatic imine (C=N–C) groups is 2. The molecule has 0 aromatic carbocycles. The second-order valence-corrected chi connectivity index (χ2v) is 4.12. The smallest absolute Gasteiger partial charge is 0.0892 e. The molecule has 0 unspecified atom stereocenters. The summed E-state index contributed by atoms with van der Waals surface area (Å²) in [5.41, 5.74) is 0.428. The van der Waals surface area contributed by atoms with E-state index in [1.165, 1.54) is 6.42 Å². The van der Waals surface area contributed by atoms with Gasteiger partial charge in [-0.1, -0.05) is 20.8 Å². The molecule has 0 aliphatic carbocycles. The van der Waals surface area contributed by atoms with Crippen molar-refractivity contribution in [2.45, 2.75) is 40.5 Å². The van der Waals surface area contributed by atoms with Crippen LogP contribution in [0.25, 0.3) is 0 Å². The standard InChI is InChI=1S/C10H20N2/c1-5-11-9-12-8-6-7-10(2,3)4/h5-8H2,1-4H3. The topological polar surface area (TPSA) is 24.7 Å². The van der Waals surface area contributed by atoms with E-state index in [0.29, 0.717) is 5.41 Å². The van der Waals surface area contributed by atoms with Crippen LogP contribution in [0.5, 0.6) is 0 Å². The van der Waals surface area contributed by atoms with Gasteiger partial charge in [-0.2, -0.15) is 0 Å². The van der Waals surface area contributed by atoms with Gasteiger partial charge in [0.05, 0.1) is 6.01 Å². The van der Waals surface area contributed by atoms with Crippen molar-refractivity contribution < 1.29 is 0 Å². The maximum atomic E-state index is 4.05. The number of hydrogen-bond acceptors (Lipinski definition) is 2. The first-order valence-electron chi connectivity index (χ1n) is 4.64. The molecular weight excluding hydrogens is 148 g/mol. The van der Waals surface area contributed by atoms with Crippen molar-refractivity contribution in [1.82, 2.24) is 0 Å². The Labute approximate surface area is 75.8 Å². The maximum absolute atomic E-state index is 4.05. The Kier molecular flexibility index (Phi) is 5.65. The first-order chi connectivity index (χ1) is 5.56. The zero-order valence-corrected chi connectivity index (χ0v) is 8.72. The summed E-state index contributed by atoms with van der Waals surface area (Å²) in [5, 5.41) is 0. The molecule has 0 aliphatic heterocycles. The third-order valence-corrected chi connectivity index (χ3v) is 1.50. The molecule has 0 saturated carbocycles. The fraction of sp³-hybridized carbons (Fsp3) is 0.900. The van der Waals surface area contributed by atoms with Crippen LogP contribution < -0.4 is 0 Å². The van der Waals surface area contributed by atoms with Gasteiger partial charge in [-0.05, 0) is 25.2 Å².